The summed E-state index contributed by atoms with van der Waals surface area (Å²) in [5.74, 6) is 1.54. The van der Waals surface area contributed by atoms with Gasteiger partial charge in [0.05, 0.1) is 12.2 Å². The van der Waals surface area contributed by atoms with E-state index in [1.165, 1.54) is 31.3 Å². The highest BCUT2D eigenvalue weighted by Crippen LogP contribution is 2.60. The van der Waals surface area contributed by atoms with Gasteiger partial charge in [-0.15, -0.1) is 0 Å². The topological polar surface area (TPSA) is 66.8 Å². The molecular formula is C27H38O4. The lowest BCUT2D eigenvalue weighted by Gasteiger charge is -2.44. The number of ether oxygens (including phenoxy) is 1. The summed E-state index contributed by atoms with van der Waals surface area (Å²) in [6.07, 6.45) is 12.0. The van der Waals surface area contributed by atoms with Crippen molar-refractivity contribution < 1.29 is 19.7 Å². The first-order valence-corrected chi connectivity index (χ1v) is 12.0. The Labute approximate surface area is 186 Å². The minimum Gasteiger partial charge on any atom is -0.459 e. The van der Waals surface area contributed by atoms with Gasteiger partial charge in [-0.1, -0.05) is 50.3 Å². The van der Waals surface area contributed by atoms with Crippen LogP contribution < -0.4 is 0 Å². The second-order valence-electron chi connectivity index (χ2n) is 10.7. The van der Waals surface area contributed by atoms with Gasteiger partial charge in [-0.2, -0.15) is 0 Å². The number of aliphatic hydroxyl groups is 2. The van der Waals surface area contributed by atoms with Gasteiger partial charge >= 0.3 is 5.97 Å². The average Bonchev–Trinajstić information content (AvgIpc) is 3.22. The molecule has 0 unspecified atom stereocenters. The lowest BCUT2D eigenvalue weighted by atomic mass is 9.60. The van der Waals surface area contributed by atoms with Gasteiger partial charge in [-0.25, -0.2) is 4.79 Å². The lowest BCUT2D eigenvalue weighted by Crippen LogP contribution is -2.36. The molecule has 0 aromatic rings. The van der Waals surface area contributed by atoms with Gasteiger partial charge < -0.3 is 14.9 Å². The largest absolute Gasteiger partial charge is 0.459 e. The average molecular weight is 427 g/mol. The number of esters is 1. The molecule has 170 valence electrons. The number of carbonyl (C=O) groups is 1. The Morgan fingerprint density at radius 2 is 1.87 bits per heavy atom. The molecular weight excluding hydrogens is 388 g/mol. The van der Waals surface area contributed by atoms with Crippen LogP contribution >= 0.6 is 0 Å². The van der Waals surface area contributed by atoms with Crippen molar-refractivity contribution in [3.05, 3.63) is 47.6 Å². The van der Waals surface area contributed by atoms with Crippen molar-refractivity contribution >= 4 is 5.97 Å². The SMILES string of the molecule is C=C1C[C@H](C[C@@H](C)[C@H]2CC[C@H]3C(=CC=C4C[C@@H](O)C(=C)[C@H](O)C4)CCC[C@]23C)OC1=O. The zero-order valence-electron chi connectivity index (χ0n) is 19.1. The molecule has 0 aromatic carbocycles. The van der Waals surface area contributed by atoms with Crippen molar-refractivity contribution in [3.63, 3.8) is 0 Å². The van der Waals surface area contributed by atoms with Gasteiger partial charge in [0.15, 0.2) is 0 Å². The highest BCUT2D eigenvalue weighted by Gasteiger charge is 2.51. The maximum Gasteiger partial charge on any atom is 0.333 e. The van der Waals surface area contributed by atoms with E-state index in [1.54, 1.807) is 0 Å². The molecule has 0 radical (unpaired) electrons. The Bertz CT molecular complexity index is 789. The van der Waals surface area contributed by atoms with Crippen molar-refractivity contribution in [2.45, 2.75) is 89.9 Å². The van der Waals surface area contributed by atoms with E-state index >= 15 is 0 Å². The molecule has 2 N–H and O–H groups in total. The fraction of sp³-hybridized carbons (Fsp3) is 0.667. The van der Waals surface area contributed by atoms with Gasteiger partial charge in [-0.3, -0.25) is 0 Å². The Hall–Kier alpha value is -1.65. The summed E-state index contributed by atoms with van der Waals surface area (Å²) in [6.45, 7) is 12.5. The number of allylic oxidation sites excluding steroid dienone is 3. The number of aliphatic hydroxyl groups excluding tert-OH is 2. The van der Waals surface area contributed by atoms with Crippen LogP contribution in [0.25, 0.3) is 0 Å². The maximum atomic E-state index is 11.7. The van der Waals surface area contributed by atoms with E-state index in [0.29, 0.717) is 53.6 Å². The Kier molecular flexibility index (Phi) is 6.33. The number of fused-ring (bicyclic) bond motifs is 1. The molecule has 4 aliphatic rings. The van der Waals surface area contributed by atoms with Gasteiger partial charge in [-0.05, 0) is 80.1 Å². The van der Waals surface area contributed by atoms with E-state index in [1.807, 2.05) is 0 Å². The van der Waals surface area contributed by atoms with E-state index < -0.39 is 12.2 Å². The maximum absolute atomic E-state index is 11.7. The molecule has 0 amide bonds. The standard InChI is InChI=1S/C27H38O4/c1-16(12-21-13-17(2)26(30)31-21)22-9-10-23-20(6-5-11-27(22,23)4)8-7-19-14-24(28)18(3)25(29)15-19/h7-8,16,21-25,28-29H,2-3,5-6,9-15H2,1,4H3/t16-,21+,22-,23+,24-,25-,27-/m1/s1. The first-order valence-electron chi connectivity index (χ1n) is 12.0. The van der Waals surface area contributed by atoms with Crippen LogP contribution in [0.4, 0.5) is 0 Å². The summed E-state index contributed by atoms with van der Waals surface area (Å²) in [5, 5.41) is 20.3. The third kappa shape index (κ3) is 4.34. The second kappa shape index (κ2) is 8.71. The molecule has 4 fully saturated rings. The fourth-order valence-corrected chi connectivity index (χ4v) is 6.98. The summed E-state index contributed by atoms with van der Waals surface area (Å²) in [5.41, 5.74) is 4.09. The highest BCUT2D eigenvalue weighted by molar-refractivity contribution is 5.89. The first kappa shape index (κ1) is 22.5. The summed E-state index contributed by atoms with van der Waals surface area (Å²) in [4.78, 5) is 11.7. The number of rotatable bonds is 4. The molecule has 0 aromatic heterocycles. The zero-order chi connectivity index (χ0) is 22.3. The molecule has 3 aliphatic carbocycles. The number of hydrogen-bond acceptors (Lipinski definition) is 4. The zero-order valence-corrected chi connectivity index (χ0v) is 19.1. The molecule has 1 aliphatic heterocycles. The molecule has 1 heterocycles. The third-order valence-electron chi connectivity index (χ3n) is 8.70. The third-order valence-corrected chi connectivity index (χ3v) is 8.70. The Morgan fingerprint density at radius 3 is 2.52 bits per heavy atom. The van der Waals surface area contributed by atoms with Crippen LogP contribution in [0.2, 0.25) is 0 Å². The monoisotopic (exact) mass is 426 g/mol. The van der Waals surface area contributed by atoms with Crippen LogP contribution in [0.3, 0.4) is 0 Å². The van der Waals surface area contributed by atoms with Crippen LogP contribution in [-0.4, -0.2) is 34.5 Å². The molecule has 4 nitrogen and oxygen atoms in total. The molecule has 7 atom stereocenters. The number of hydrogen-bond donors (Lipinski definition) is 2. The van der Waals surface area contributed by atoms with Gasteiger partial charge in [0.2, 0.25) is 0 Å². The van der Waals surface area contributed by atoms with Crippen molar-refractivity contribution in [3.8, 4) is 0 Å². The van der Waals surface area contributed by atoms with E-state index in [4.69, 9.17) is 4.74 Å². The second-order valence-corrected chi connectivity index (χ2v) is 10.7. The molecule has 0 spiro atoms. The van der Waals surface area contributed by atoms with E-state index in [0.717, 1.165) is 18.4 Å². The van der Waals surface area contributed by atoms with Crippen LogP contribution in [0, 0.1) is 23.2 Å². The quantitative estimate of drug-likeness (QED) is 0.376. The van der Waals surface area contributed by atoms with E-state index in [2.05, 4.69) is 39.2 Å². The summed E-state index contributed by atoms with van der Waals surface area (Å²) >= 11 is 0. The van der Waals surface area contributed by atoms with Crippen LogP contribution in [0.15, 0.2) is 47.6 Å². The Morgan fingerprint density at radius 1 is 1.16 bits per heavy atom. The minimum absolute atomic E-state index is 0.0000980. The number of carbonyl (C=O) groups excluding carboxylic acids is 1. The molecule has 3 saturated carbocycles. The smallest absolute Gasteiger partial charge is 0.333 e. The summed E-state index contributed by atoms with van der Waals surface area (Å²) < 4.78 is 5.52. The predicted molar refractivity (Wildman–Crippen MR) is 122 cm³/mol. The van der Waals surface area contributed by atoms with Crippen LogP contribution in [0.1, 0.15) is 71.6 Å². The van der Waals surface area contributed by atoms with Crippen molar-refractivity contribution in [1.82, 2.24) is 0 Å². The number of cyclic esters (lactones) is 1. The predicted octanol–water partition coefficient (Wildman–Crippen LogP) is 5.03. The lowest BCUT2D eigenvalue weighted by molar-refractivity contribution is -0.139. The molecule has 4 heteroatoms. The van der Waals surface area contributed by atoms with Gasteiger partial charge in [0.1, 0.15) is 6.10 Å². The van der Waals surface area contributed by atoms with Crippen molar-refractivity contribution in [1.29, 1.82) is 0 Å². The summed E-state index contributed by atoms with van der Waals surface area (Å²) in [6, 6.07) is 0. The highest BCUT2D eigenvalue weighted by atomic mass is 16.5. The van der Waals surface area contributed by atoms with Crippen molar-refractivity contribution in [2.75, 3.05) is 0 Å². The Balaban J connectivity index is 1.45. The first-order chi connectivity index (χ1) is 14.7. The summed E-state index contributed by atoms with van der Waals surface area (Å²) in [7, 11) is 0. The normalized spacial score (nSPS) is 40.8. The van der Waals surface area contributed by atoms with E-state index in [-0.39, 0.29) is 12.1 Å². The molecule has 1 saturated heterocycles. The van der Waals surface area contributed by atoms with Gasteiger partial charge in [0.25, 0.3) is 0 Å². The van der Waals surface area contributed by atoms with Crippen molar-refractivity contribution in [2.24, 2.45) is 23.2 Å². The minimum atomic E-state index is -0.637. The molecule has 4 rings (SSSR count). The molecule has 0 bridgehead atoms. The van der Waals surface area contributed by atoms with E-state index in [9.17, 15) is 15.0 Å². The fourth-order valence-electron chi connectivity index (χ4n) is 6.98. The van der Waals surface area contributed by atoms with Crippen LogP contribution in [-0.2, 0) is 9.53 Å². The molecule has 31 heavy (non-hydrogen) atoms. The van der Waals surface area contributed by atoms with Gasteiger partial charge in [0, 0.05) is 12.0 Å². The van der Waals surface area contributed by atoms with Crippen LogP contribution in [0.5, 0.6) is 0 Å².